The minimum atomic E-state index is 0.524. The van der Waals surface area contributed by atoms with E-state index in [0.29, 0.717) is 5.82 Å². The van der Waals surface area contributed by atoms with Crippen LogP contribution in [-0.2, 0) is 0 Å². The maximum atomic E-state index is 5.96. The molecule has 5 heteroatoms. The number of benzene rings is 1. The SMILES string of the molecule is Nc1nc(Nc2ccccc2)sc1-c1cccnc1. The van der Waals surface area contributed by atoms with Gasteiger partial charge >= 0.3 is 0 Å². The van der Waals surface area contributed by atoms with E-state index in [0.717, 1.165) is 21.3 Å². The summed E-state index contributed by atoms with van der Waals surface area (Å²) in [5.74, 6) is 0.524. The lowest BCUT2D eigenvalue weighted by atomic mass is 10.2. The molecule has 0 atom stereocenters. The number of anilines is 3. The number of aromatic nitrogens is 2. The first kappa shape index (κ1) is 11.7. The Hall–Kier alpha value is -2.40. The first-order valence-corrected chi connectivity index (χ1v) is 6.63. The average Bonchev–Trinajstić information content (AvgIpc) is 2.82. The Morgan fingerprint density at radius 3 is 2.63 bits per heavy atom. The molecular weight excluding hydrogens is 256 g/mol. The molecule has 1 aromatic carbocycles. The van der Waals surface area contributed by atoms with Crippen molar-refractivity contribution in [1.82, 2.24) is 9.97 Å². The molecule has 0 fully saturated rings. The van der Waals surface area contributed by atoms with Gasteiger partial charge < -0.3 is 11.1 Å². The molecular formula is C14H12N4S. The molecule has 2 aromatic heterocycles. The second-order valence-corrected chi connectivity index (χ2v) is 4.97. The molecule has 0 radical (unpaired) electrons. The topological polar surface area (TPSA) is 63.8 Å². The van der Waals surface area contributed by atoms with E-state index < -0.39 is 0 Å². The van der Waals surface area contributed by atoms with Crippen LogP contribution in [-0.4, -0.2) is 9.97 Å². The predicted octanol–water partition coefficient (Wildman–Crippen LogP) is 3.53. The van der Waals surface area contributed by atoms with Crippen molar-refractivity contribution in [2.24, 2.45) is 0 Å². The summed E-state index contributed by atoms with van der Waals surface area (Å²) in [6.45, 7) is 0. The van der Waals surface area contributed by atoms with Gasteiger partial charge in [0, 0.05) is 23.6 Å². The summed E-state index contributed by atoms with van der Waals surface area (Å²) in [6, 6.07) is 13.8. The molecule has 4 nitrogen and oxygen atoms in total. The van der Waals surface area contributed by atoms with Gasteiger partial charge in [-0.3, -0.25) is 4.98 Å². The van der Waals surface area contributed by atoms with E-state index in [2.05, 4.69) is 15.3 Å². The van der Waals surface area contributed by atoms with Gasteiger partial charge in [-0.1, -0.05) is 35.6 Å². The van der Waals surface area contributed by atoms with Crippen molar-refractivity contribution < 1.29 is 0 Å². The van der Waals surface area contributed by atoms with Gasteiger partial charge in [0.1, 0.15) is 5.82 Å². The second kappa shape index (κ2) is 5.07. The summed E-state index contributed by atoms with van der Waals surface area (Å²) in [7, 11) is 0. The maximum Gasteiger partial charge on any atom is 0.189 e. The Morgan fingerprint density at radius 1 is 1.05 bits per heavy atom. The summed E-state index contributed by atoms with van der Waals surface area (Å²) in [6.07, 6.45) is 3.53. The molecule has 0 aliphatic rings. The number of nitrogens with zero attached hydrogens (tertiary/aromatic N) is 2. The molecule has 0 aliphatic carbocycles. The number of nitrogens with one attached hydrogen (secondary N) is 1. The van der Waals surface area contributed by atoms with Gasteiger partial charge in [-0.2, -0.15) is 0 Å². The number of nitrogens with two attached hydrogens (primary N) is 1. The van der Waals surface area contributed by atoms with Gasteiger partial charge in [0.05, 0.1) is 4.88 Å². The van der Waals surface area contributed by atoms with Crippen molar-refractivity contribution >= 4 is 28.0 Å². The molecule has 0 bridgehead atoms. The third kappa shape index (κ3) is 2.56. The van der Waals surface area contributed by atoms with Crippen molar-refractivity contribution in [2.75, 3.05) is 11.1 Å². The summed E-state index contributed by atoms with van der Waals surface area (Å²) in [5, 5.41) is 4.02. The predicted molar refractivity (Wildman–Crippen MR) is 79.5 cm³/mol. The van der Waals surface area contributed by atoms with Crippen LogP contribution in [0.25, 0.3) is 10.4 Å². The number of para-hydroxylation sites is 1. The number of pyridine rings is 1. The third-order valence-corrected chi connectivity index (χ3v) is 3.64. The first-order chi connectivity index (χ1) is 9.33. The van der Waals surface area contributed by atoms with Crippen molar-refractivity contribution in [3.05, 3.63) is 54.9 Å². The molecule has 2 heterocycles. The minimum Gasteiger partial charge on any atom is -0.382 e. The van der Waals surface area contributed by atoms with Gasteiger partial charge in [-0.25, -0.2) is 4.98 Å². The minimum absolute atomic E-state index is 0.524. The molecule has 0 unspecified atom stereocenters. The average molecular weight is 268 g/mol. The molecule has 0 saturated carbocycles. The van der Waals surface area contributed by atoms with E-state index in [1.54, 1.807) is 12.4 Å². The zero-order chi connectivity index (χ0) is 13.1. The zero-order valence-electron chi connectivity index (χ0n) is 10.1. The number of thiazole rings is 1. The van der Waals surface area contributed by atoms with E-state index in [-0.39, 0.29) is 0 Å². The van der Waals surface area contributed by atoms with Crippen LogP contribution in [0.4, 0.5) is 16.6 Å². The van der Waals surface area contributed by atoms with E-state index in [1.807, 2.05) is 42.5 Å². The standard InChI is InChI=1S/C14H12N4S/c15-13-12(10-5-4-8-16-9-10)19-14(18-13)17-11-6-2-1-3-7-11/h1-9H,15H2,(H,17,18). The fourth-order valence-electron chi connectivity index (χ4n) is 1.73. The molecule has 0 amide bonds. The molecule has 3 rings (SSSR count). The van der Waals surface area contributed by atoms with Crippen molar-refractivity contribution in [3.8, 4) is 10.4 Å². The molecule has 94 valence electrons. The Labute approximate surface area is 115 Å². The Balaban J connectivity index is 1.90. The molecule has 19 heavy (non-hydrogen) atoms. The Morgan fingerprint density at radius 2 is 1.89 bits per heavy atom. The van der Waals surface area contributed by atoms with Crippen molar-refractivity contribution in [2.45, 2.75) is 0 Å². The second-order valence-electron chi connectivity index (χ2n) is 3.97. The number of rotatable bonds is 3. The lowest BCUT2D eigenvalue weighted by Gasteiger charge is -2.00. The van der Waals surface area contributed by atoms with Gasteiger partial charge in [0.15, 0.2) is 5.13 Å². The van der Waals surface area contributed by atoms with E-state index in [4.69, 9.17) is 5.73 Å². The van der Waals surface area contributed by atoms with Crippen molar-refractivity contribution in [1.29, 1.82) is 0 Å². The van der Waals surface area contributed by atoms with E-state index in [1.165, 1.54) is 11.3 Å². The molecule has 3 N–H and O–H groups in total. The summed E-state index contributed by atoms with van der Waals surface area (Å²) < 4.78 is 0. The molecule has 0 saturated heterocycles. The maximum absolute atomic E-state index is 5.96. The quantitative estimate of drug-likeness (QED) is 0.762. The number of hydrogen-bond acceptors (Lipinski definition) is 5. The number of nitrogen functional groups attached to an aromatic ring is 1. The zero-order valence-corrected chi connectivity index (χ0v) is 10.9. The fourth-order valence-corrected chi connectivity index (χ4v) is 2.63. The molecule has 0 spiro atoms. The van der Waals surface area contributed by atoms with Crippen LogP contribution in [0.1, 0.15) is 0 Å². The fraction of sp³-hybridized carbons (Fsp3) is 0. The largest absolute Gasteiger partial charge is 0.382 e. The summed E-state index contributed by atoms with van der Waals surface area (Å²) >= 11 is 1.52. The highest BCUT2D eigenvalue weighted by Gasteiger charge is 2.10. The molecule has 0 aliphatic heterocycles. The third-order valence-electron chi connectivity index (χ3n) is 2.60. The summed E-state index contributed by atoms with van der Waals surface area (Å²) in [5.41, 5.74) is 7.94. The van der Waals surface area contributed by atoms with Gasteiger partial charge in [0.25, 0.3) is 0 Å². The van der Waals surface area contributed by atoms with Gasteiger partial charge in [-0.15, -0.1) is 0 Å². The highest BCUT2D eigenvalue weighted by molar-refractivity contribution is 7.19. The van der Waals surface area contributed by atoms with Gasteiger partial charge in [-0.05, 0) is 18.2 Å². The van der Waals surface area contributed by atoms with Gasteiger partial charge in [0.2, 0.25) is 0 Å². The van der Waals surface area contributed by atoms with Crippen LogP contribution < -0.4 is 11.1 Å². The smallest absolute Gasteiger partial charge is 0.189 e. The molecule has 3 aromatic rings. The van der Waals surface area contributed by atoms with Crippen LogP contribution in [0.15, 0.2) is 54.9 Å². The lowest BCUT2D eigenvalue weighted by Crippen LogP contribution is -1.90. The highest BCUT2D eigenvalue weighted by atomic mass is 32.1. The van der Waals surface area contributed by atoms with Crippen molar-refractivity contribution in [3.63, 3.8) is 0 Å². The number of hydrogen-bond donors (Lipinski definition) is 2. The van der Waals surface area contributed by atoms with Crippen LogP contribution in [0, 0.1) is 0 Å². The van der Waals surface area contributed by atoms with Crippen LogP contribution >= 0.6 is 11.3 Å². The van der Waals surface area contributed by atoms with E-state index in [9.17, 15) is 0 Å². The normalized spacial score (nSPS) is 10.3. The van der Waals surface area contributed by atoms with E-state index >= 15 is 0 Å². The van der Waals surface area contributed by atoms with Crippen LogP contribution in [0.3, 0.4) is 0 Å². The van der Waals surface area contributed by atoms with Crippen LogP contribution in [0.2, 0.25) is 0 Å². The highest BCUT2D eigenvalue weighted by Crippen LogP contribution is 2.35. The lowest BCUT2D eigenvalue weighted by molar-refractivity contribution is 1.33. The van der Waals surface area contributed by atoms with Crippen LogP contribution in [0.5, 0.6) is 0 Å². The summed E-state index contributed by atoms with van der Waals surface area (Å²) in [4.78, 5) is 9.37. The first-order valence-electron chi connectivity index (χ1n) is 5.82. The monoisotopic (exact) mass is 268 g/mol. The Kier molecular flexibility index (Phi) is 3.12. The Bertz CT molecular complexity index is 664.